The third kappa shape index (κ3) is 4.33. The number of nitriles is 4. The van der Waals surface area contributed by atoms with E-state index in [1.54, 1.807) is 59.1 Å². The first-order valence-corrected chi connectivity index (χ1v) is 18.9. The molecule has 4 aliphatic rings. The topological polar surface area (TPSA) is 129 Å². The number of nitrogens with zero attached hydrogens (tertiary/aromatic N) is 4. The molecule has 0 aliphatic heterocycles. The van der Waals surface area contributed by atoms with E-state index in [0.29, 0.717) is 44.5 Å². The molecule has 54 heavy (non-hydrogen) atoms. The summed E-state index contributed by atoms with van der Waals surface area (Å²) in [5.74, 6) is -0.385. The zero-order valence-corrected chi connectivity index (χ0v) is 31.1. The van der Waals surface area contributed by atoms with Crippen LogP contribution in [0.1, 0.15) is 90.2 Å². The number of thiophene rings is 2. The smallest absolute Gasteiger partial charge is 0.194 e. The Labute approximate surface area is 319 Å². The standard InChI is InChI=1S/C46H26N4O2S2/c1-45(2)37-17-32-34-14-26(16-36-40(24(21-49)22-50)28-10-6-8-12-30(28)42(36)52)54-44(34)46(3,4)38(32)18-31(37)33-13-25(53-43(33)45)15-35-39(23(19-47)20-48)27-9-5-7-11-29(27)41(35)51/h5-18H,1-4H3/b35-15-,36-16-. The van der Waals surface area contributed by atoms with Crippen LogP contribution in [0, 0.1) is 45.3 Å². The highest BCUT2D eigenvalue weighted by Gasteiger charge is 2.44. The van der Waals surface area contributed by atoms with Crippen LogP contribution in [0.2, 0.25) is 0 Å². The van der Waals surface area contributed by atoms with E-state index in [0.717, 1.165) is 32.0 Å². The molecule has 0 saturated heterocycles. The number of ketones is 2. The van der Waals surface area contributed by atoms with Crippen LogP contribution < -0.4 is 0 Å². The molecule has 0 amide bonds. The number of hydrogen-bond acceptors (Lipinski definition) is 8. The van der Waals surface area contributed by atoms with Gasteiger partial charge in [0.25, 0.3) is 0 Å². The van der Waals surface area contributed by atoms with Gasteiger partial charge >= 0.3 is 0 Å². The fourth-order valence-corrected chi connectivity index (χ4v) is 11.1. The van der Waals surface area contributed by atoms with E-state index in [1.165, 1.54) is 20.9 Å². The zero-order valence-electron chi connectivity index (χ0n) is 29.5. The average molecular weight is 731 g/mol. The summed E-state index contributed by atoms with van der Waals surface area (Å²) in [4.78, 5) is 31.4. The molecular weight excluding hydrogens is 705 g/mol. The van der Waals surface area contributed by atoms with Crippen molar-refractivity contribution in [3.8, 4) is 46.5 Å². The Kier molecular flexibility index (Phi) is 7.01. The summed E-state index contributed by atoms with van der Waals surface area (Å²) in [5.41, 5.74) is 9.80. The minimum Gasteiger partial charge on any atom is -0.289 e. The molecule has 0 fully saturated rings. The van der Waals surface area contributed by atoms with Crippen LogP contribution in [-0.4, -0.2) is 11.6 Å². The monoisotopic (exact) mass is 730 g/mol. The van der Waals surface area contributed by atoms with Crippen LogP contribution in [0.3, 0.4) is 0 Å². The first-order valence-electron chi connectivity index (χ1n) is 17.2. The van der Waals surface area contributed by atoms with E-state index in [2.05, 4.69) is 52.0 Å². The molecule has 9 rings (SSSR count). The molecule has 6 nitrogen and oxygen atoms in total. The predicted octanol–water partition coefficient (Wildman–Crippen LogP) is 10.6. The van der Waals surface area contributed by atoms with Crippen molar-refractivity contribution in [1.29, 1.82) is 21.0 Å². The third-order valence-corrected chi connectivity index (χ3v) is 14.0. The molecule has 0 radical (unpaired) electrons. The maximum absolute atomic E-state index is 13.6. The van der Waals surface area contributed by atoms with Gasteiger partial charge in [-0.25, -0.2) is 0 Å². The Bertz CT molecular complexity index is 2730. The highest BCUT2D eigenvalue weighted by Crippen LogP contribution is 2.59. The molecule has 5 aromatic rings. The van der Waals surface area contributed by atoms with Gasteiger partial charge in [0.2, 0.25) is 0 Å². The molecule has 0 unspecified atom stereocenters. The minimum atomic E-state index is -0.340. The summed E-state index contributed by atoms with van der Waals surface area (Å²) in [6.07, 6.45) is 3.67. The van der Waals surface area contributed by atoms with Crippen molar-refractivity contribution in [3.63, 3.8) is 0 Å². The van der Waals surface area contributed by atoms with Crippen molar-refractivity contribution in [2.45, 2.75) is 38.5 Å². The molecule has 3 aromatic carbocycles. The summed E-state index contributed by atoms with van der Waals surface area (Å²) in [5, 5.41) is 39.2. The van der Waals surface area contributed by atoms with Gasteiger partial charge in [-0.05, 0) is 80.9 Å². The van der Waals surface area contributed by atoms with Gasteiger partial charge in [-0.1, -0.05) is 76.2 Å². The maximum Gasteiger partial charge on any atom is 0.194 e. The van der Waals surface area contributed by atoms with Crippen LogP contribution in [0.25, 0.3) is 45.6 Å². The molecule has 0 N–H and O–H groups in total. The number of fused-ring (bicyclic) bond motifs is 8. The Morgan fingerprint density at radius 2 is 0.870 bits per heavy atom. The van der Waals surface area contributed by atoms with Crippen LogP contribution in [0.4, 0.5) is 0 Å². The van der Waals surface area contributed by atoms with Crippen molar-refractivity contribution in [2.24, 2.45) is 0 Å². The summed E-state index contributed by atoms with van der Waals surface area (Å²) in [6.45, 7) is 8.86. The first-order chi connectivity index (χ1) is 25.9. The quantitative estimate of drug-likeness (QED) is 0.131. The molecule has 0 spiro atoms. The van der Waals surface area contributed by atoms with Crippen LogP contribution in [-0.2, 0) is 10.8 Å². The molecule has 2 heterocycles. The number of allylic oxidation sites excluding steroid dienone is 6. The van der Waals surface area contributed by atoms with Gasteiger partial charge in [-0.3, -0.25) is 9.59 Å². The SMILES string of the molecule is CC1(C)c2cc3c(cc2-c2cc(/C=C4\C(=O)c5ccccc5C4=C(C#N)C#N)sc21)C(C)(C)c1sc(/C=C2\C(=O)c4ccccc4C2=C(C#N)C#N)cc1-3. The lowest BCUT2D eigenvalue weighted by molar-refractivity contribution is 0.103. The Hall–Kier alpha value is -6.68. The van der Waals surface area contributed by atoms with Gasteiger partial charge in [0.05, 0.1) is 0 Å². The largest absolute Gasteiger partial charge is 0.289 e. The molecule has 0 atom stereocenters. The average Bonchev–Trinajstić information content (AvgIpc) is 3.98. The van der Waals surface area contributed by atoms with E-state index in [1.807, 2.05) is 48.6 Å². The summed E-state index contributed by atoms with van der Waals surface area (Å²) < 4.78 is 0. The lowest BCUT2D eigenvalue weighted by atomic mass is 9.81. The van der Waals surface area contributed by atoms with E-state index in [-0.39, 0.29) is 33.5 Å². The van der Waals surface area contributed by atoms with Crippen molar-refractivity contribution < 1.29 is 9.59 Å². The van der Waals surface area contributed by atoms with Gasteiger partial charge in [0, 0.05) is 63.8 Å². The molecular formula is C46H26N4O2S2. The highest BCUT2D eigenvalue weighted by molar-refractivity contribution is 7.14. The van der Waals surface area contributed by atoms with Crippen molar-refractivity contribution in [2.75, 3.05) is 0 Å². The summed E-state index contributed by atoms with van der Waals surface area (Å²) in [7, 11) is 0. The van der Waals surface area contributed by atoms with Crippen molar-refractivity contribution in [1.82, 2.24) is 0 Å². The second kappa shape index (κ2) is 11.4. The molecule has 4 aliphatic carbocycles. The molecule has 0 bridgehead atoms. The fourth-order valence-electron chi connectivity index (χ4n) is 8.59. The summed E-state index contributed by atoms with van der Waals surface area (Å²) >= 11 is 3.25. The zero-order chi connectivity index (χ0) is 37.8. The number of carbonyl (C=O) groups is 2. The Balaban J connectivity index is 1.14. The first kappa shape index (κ1) is 33.2. The maximum atomic E-state index is 13.6. The molecule has 2 aromatic heterocycles. The second-order valence-electron chi connectivity index (χ2n) is 14.8. The van der Waals surface area contributed by atoms with E-state index in [9.17, 15) is 30.6 Å². The van der Waals surface area contributed by atoms with Gasteiger partial charge < -0.3 is 0 Å². The van der Waals surface area contributed by atoms with Crippen LogP contribution in [0.5, 0.6) is 0 Å². The van der Waals surface area contributed by atoms with Gasteiger partial charge in [0.15, 0.2) is 11.6 Å². The number of carbonyl (C=O) groups excluding carboxylic acids is 2. The molecule has 254 valence electrons. The van der Waals surface area contributed by atoms with Gasteiger partial charge in [0.1, 0.15) is 35.4 Å². The van der Waals surface area contributed by atoms with E-state index in [4.69, 9.17) is 0 Å². The number of Topliss-reactive ketones (excluding diaryl/α,β-unsaturated/α-hetero) is 2. The second-order valence-corrected chi connectivity index (χ2v) is 17.0. The number of hydrogen-bond donors (Lipinski definition) is 0. The highest BCUT2D eigenvalue weighted by atomic mass is 32.1. The lowest BCUT2D eigenvalue weighted by Gasteiger charge is -2.24. The summed E-state index contributed by atoms with van der Waals surface area (Å²) in [6, 6.07) is 31.1. The van der Waals surface area contributed by atoms with Crippen molar-refractivity contribution in [3.05, 3.63) is 148 Å². The normalized spacial score (nSPS) is 17.6. The van der Waals surface area contributed by atoms with E-state index < -0.39 is 0 Å². The minimum absolute atomic E-state index is 0.0788. The van der Waals surface area contributed by atoms with Gasteiger partial charge in [-0.15, -0.1) is 22.7 Å². The Morgan fingerprint density at radius 1 is 0.519 bits per heavy atom. The number of benzene rings is 3. The molecule has 8 heteroatoms. The van der Waals surface area contributed by atoms with Crippen molar-refractivity contribution >= 4 is 57.5 Å². The third-order valence-electron chi connectivity index (χ3n) is 11.2. The number of rotatable bonds is 2. The van der Waals surface area contributed by atoms with Crippen LogP contribution in [0.15, 0.2) is 95.1 Å². The molecule has 0 saturated carbocycles. The Morgan fingerprint density at radius 3 is 1.22 bits per heavy atom. The predicted molar refractivity (Wildman–Crippen MR) is 211 cm³/mol. The van der Waals surface area contributed by atoms with Gasteiger partial charge in [-0.2, -0.15) is 21.0 Å². The fraction of sp³-hybridized carbons (Fsp3) is 0.130. The van der Waals surface area contributed by atoms with Crippen LogP contribution >= 0.6 is 22.7 Å². The van der Waals surface area contributed by atoms with E-state index >= 15 is 0 Å². The lowest BCUT2D eigenvalue weighted by Crippen LogP contribution is -2.16.